The number of nitrogens with zero attached hydrogens (tertiary/aromatic N) is 2. The van der Waals surface area contributed by atoms with E-state index in [2.05, 4.69) is 9.97 Å². The zero-order valence-corrected chi connectivity index (χ0v) is 8.91. The number of halogens is 4. The Bertz CT molecular complexity index is 334. The lowest BCUT2D eigenvalue weighted by Crippen LogP contribution is -2.14. The van der Waals surface area contributed by atoms with Crippen molar-refractivity contribution in [3.8, 4) is 0 Å². The summed E-state index contributed by atoms with van der Waals surface area (Å²) in [5.74, 6) is -1.50. The van der Waals surface area contributed by atoms with Gasteiger partial charge in [0.05, 0.1) is 5.69 Å². The minimum atomic E-state index is -4.76. The average molecular weight is 224 g/mol. The SMILES string of the molecule is CC.Cc1nc(C)c(F)c(C(F)(F)F)n1. The van der Waals surface area contributed by atoms with Crippen LogP contribution in [-0.4, -0.2) is 9.97 Å². The lowest BCUT2D eigenvalue weighted by atomic mass is 10.3. The van der Waals surface area contributed by atoms with Gasteiger partial charge in [-0.3, -0.25) is 0 Å². The maximum absolute atomic E-state index is 12.8. The molecule has 1 rings (SSSR count). The summed E-state index contributed by atoms with van der Waals surface area (Å²) in [4.78, 5) is 6.45. The molecule has 1 aromatic rings. The van der Waals surface area contributed by atoms with Crippen LogP contribution in [0.1, 0.15) is 31.1 Å². The van der Waals surface area contributed by atoms with Crippen LogP contribution in [0.5, 0.6) is 0 Å². The van der Waals surface area contributed by atoms with Crippen molar-refractivity contribution in [1.82, 2.24) is 9.97 Å². The lowest BCUT2D eigenvalue weighted by molar-refractivity contribution is -0.144. The average Bonchev–Trinajstić information content (AvgIpc) is 2.13. The van der Waals surface area contributed by atoms with Gasteiger partial charge >= 0.3 is 6.18 Å². The smallest absolute Gasteiger partial charge is 0.235 e. The van der Waals surface area contributed by atoms with Gasteiger partial charge in [-0.2, -0.15) is 13.2 Å². The molecule has 0 N–H and O–H groups in total. The van der Waals surface area contributed by atoms with Gasteiger partial charge in [-0.15, -0.1) is 0 Å². The number of aryl methyl sites for hydroxylation is 2. The van der Waals surface area contributed by atoms with E-state index in [1.165, 1.54) is 13.8 Å². The highest BCUT2D eigenvalue weighted by atomic mass is 19.4. The van der Waals surface area contributed by atoms with Crippen LogP contribution in [-0.2, 0) is 6.18 Å². The molecule has 2 nitrogen and oxygen atoms in total. The fourth-order valence-corrected chi connectivity index (χ4v) is 0.887. The predicted octanol–water partition coefficient (Wildman–Crippen LogP) is 3.28. The largest absolute Gasteiger partial charge is 0.436 e. The van der Waals surface area contributed by atoms with Gasteiger partial charge in [-0.1, -0.05) is 13.8 Å². The molecule has 1 aromatic heterocycles. The molecule has 86 valence electrons. The van der Waals surface area contributed by atoms with Gasteiger partial charge in [0.1, 0.15) is 5.82 Å². The van der Waals surface area contributed by atoms with E-state index in [0.29, 0.717) is 0 Å². The highest BCUT2D eigenvalue weighted by Gasteiger charge is 2.37. The van der Waals surface area contributed by atoms with Crippen molar-refractivity contribution >= 4 is 0 Å². The Balaban J connectivity index is 0.000000921. The van der Waals surface area contributed by atoms with E-state index in [-0.39, 0.29) is 11.5 Å². The Morgan fingerprint density at radius 3 is 1.87 bits per heavy atom. The Morgan fingerprint density at radius 1 is 1.00 bits per heavy atom. The molecule has 0 unspecified atom stereocenters. The van der Waals surface area contributed by atoms with Gasteiger partial charge in [-0.05, 0) is 13.8 Å². The first-order valence-electron chi connectivity index (χ1n) is 4.40. The number of hydrogen-bond acceptors (Lipinski definition) is 2. The molecule has 15 heavy (non-hydrogen) atoms. The van der Waals surface area contributed by atoms with Crippen LogP contribution < -0.4 is 0 Å². The standard InChI is InChI=1S/C7H6F4N2.C2H6/c1-3-5(8)6(7(9,10)11)13-4(2)12-3;1-2/h1-2H3;1-2H3. The zero-order valence-electron chi connectivity index (χ0n) is 8.91. The fraction of sp³-hybridized carbons (Fsp3) is 0.556. The number of aromatic nitrogens is 2. The van der Waals surface area contributed by atoms with E-state index in [0.717, 1.165) is 0 Å². The number of rotatable bonds is 0. The van der Waals surface area contributed by atoms with Crippen molar-refractivity contribution in [2.24, 2.45) is 0 Å². The van der Waals surface area contributed by atoms with Gasteiger partial charge in [0.15, 0.2) is 11.5 Å². The van der Waals surface area contributed by atoms with Gasteiger partial charge in [0.25, 0.3) is 0 Å². The van der Waals surface area contributed by atoms with Crippen LogP contribution in [0.2, 0.25) is 0 Å². The Kier molecular flexibility index (Phi) is 4.64. The molecule has 1 heterocycles. The number of hydrogen-bond donors (Lipinski definition) is 0. The van der Waals surface area contributed by atoms with E-state index in [4.69, 9.17) is 0 Å². The normalized spacial score (nSPS) is 10.7. The second-order valence-corrected chi connectivity index (χ2v) is 2.52. The topological polar surface area (TPSA) is 25.8 Å². The summed E-state index contributed by atoms with van der Waals surface area (Å²) >= 11 is 0. The lowest BCUT2D eigenvalue weighted by Gasteiger charge is -2.08. The van der Waals surface area contributed by atoms with E-state index >= 15 is 0 Å². The highest BCUT2D eigenvalue weighted by Crippen LogP contribution is 2.30. The molecule has 6 heteroatoms. The van der Waals surface area contributed by atoms with Crippen LogP contribution in [0, 0.1) is 19.7 Å². The monoisotopic (exact) mass is 224 g/mol. The molecular formula is C9H12F4N2. The van der Waals surface area contributed by atoms with Gasteiger partial charge < -0.3 is 0 Å². The molecule has 0 bridgehead atoms. The predicted molar refractivity (Wildman–Crippen MR) is 47.8 cm³/mol. The van der Waals surface area contributed by atoms with Crippen molar-refractivity contribution in [2.45, 2.75) is 33.9 Å². The van der Waals surface area contributed by atoms with Crippen LogP contribution in [0.25, 0.3) is 0 Å². The van der Waals surface area contributed by atoms with Crippen molar-refractivity contribution in [1.29, 1.82) is 0 Å². The summed E-state index contributed by atoms with van der Waals surface area (Å²) in [6, 6.07) is 0. The third-order valence-electron chi connectivity index (χ3n) is 1.40. The van der Waals surface area contributed by atoms with Gasteiger partial charge in [-0.25, -0.2) is 14.4 Å². The second kappa shape index (κ2) is 5.04. The third kappa shape index (κ3) is 3.45. The first-order valence-corrected chi connectivity index (χ1v) is 4.40. The molecular weight excluding hydrogens is 212 g/mol. The quantitative estimate of drug-likeness (QED) is 0.632. The van der Waals surface area contributed by atoms with E-state index in [1.54, 1.807) is 0 Å². The van der Waals surface area contributed by atoms with Crippen molar-refractivity contribution in [2.75, 3.05) is 0 Å². The molecule has 0 saturated heterocycles. The summed E-state index contributed by atoms with van der Waals surface area (Å²) in [6.07, 6.45) is -4.76. The summed E-state index contributed by atoms with van der Waals surface area (Å²) in [5.41, 5.74) is -1.79. The molecule has 0 saturated carbocycles. The number of alkyl halides is 3. The van der Waals surface area contributed by atoms with Crippen LogP contribution in [0.15, 0.2) is 0 Å². The first-order chi connectivity index (χ1) is 6.82. The van der Waals surface area contributed by atoms with Gasteiger partial charge in [0.2, 0.25) is 0 Å². The van der Waals surface area contributed by atoms with Crippen LogP contribution in [0.3, 0.4) is 0 Å². The molecule has 0 fully saturated rings. The third-order valence-corrected chi connectivity index (χ3v) is 1.40. The molecule has 0 aliphatic carbocycles. The minimum absolute atomic E-state index is 0.0915. The zero-order chi connectivity index (χ0) is 12.2. The minimum Gasteiger partial charge on any atom is -0.235 e. The summed E-state index contributed by atoms with van der Waals surface area (Å²) in [5, 5.41) is 0. The fourth-order valence-electron chi connectivity index (χ4n) is 0.887. The maximum Gasteiger partial charge on any atom is 0.436 e. The molecule has 0 aliphatic rings. The van der Waals surface area contributed by atoms with E-state index in [1.807, 2.05) is 13.8 Å². The van der Waals surface area contributed by atoms with E-state index in [9.17, 15) is 17.6 Å². The van der Waals surface area contributed by atoms with Crippen molar-refractivity contribution < 1.29 is 17.6 Å². The molecule has 0 radical (unpaired) electrons. The molecule has 0 atom stereocenters. The molecule has 0 aromatic carbocycles. The summed E-state index contributed by atoms with van der Waals surface area (Å²) in [7, 11) is 0. The second-order valence-electron chi connectivity index (χ2n) is 2.52. The van der Waals surface area contributed by atoms with Crippen molar-refractivity contribution in [3.63, 3.8) is 0 Å². The first kappa shape index (κ1) is 13.8. The van der Waals surface area contributed by atoms with Gasteiger partial charge in [0, 0.05) is 0 Å². The van der Waals surface area contributed by atoms with Crippen LogP contribution in [0.4, 0.5) is 17.6 Å². The van der Waals surface area contributed by atoms with E-state index < -0.39 is 17.7 Å². The molecule has 0 spiro atoms. The highest BCUT2D eigenvalue weighted by molar-refractivity contribution is 5.15. The van der Waals surface area contributed by atoms with Crippen molar-refractivity contribution in [3.05, 3.63) is 23.0 Å². The Hall–Kier alpha value is -1.20. The maximum atomic E-state index is 12.8. The summed E-state index contributed by atoms with van der Waals surface area (Å²) in [6.45, 7) is 6.45. The Morgan fingerprint density at radius 2 is 1.47 bits per heavy atom. The molecule has 0 amide bonds. The Labute approximate surface area is 85.4 Å². The molecule has 0 aliphatic heterocycles. The van der Waals surface area contributed by atoms with Crippen LogP contribution >= 0.6 is 0 Å². The summed E-state index contributed by atoms with van der Waals surface area (Å²) < 4.78 is 49.1.